The van der Waals surface area contributed by atoms with Crippen LogP contribution < -0.4 is 12.4 Å². The summed E-state index contributed by atoms with van der Waals surface area (Å²) in [6.45, 7) is 22.0. The van der Waals surface area contributed by atoms with Crippen LogP contribution in [0.5, 0.6) is 0 Å². The molecular weight excluding hydrogens is 584 g/mol. The van der Waals surface area contributed by atoms with Crippen molar-refractivity contribution in [2.24, 2.45) is 0 Å². The summed E-state index contributed by atoms with van der Waals surface area (Å²) in [5, 5.41) is 0. The van der Waals surface area contributed by atoms with Crippen LogP contribution in [0.1, 0.15) is 209 Å². The van der Waals surface area contributed by atoms with E-state index in [0.29, 0.717) is 5.66 Å². The molecule has 0 saturated carbocycles. The molecule has 0 spiro atoms. The van der Waals surface area contributed by atoms with Crippen molar-refractivity contribution in [2.75, 3.05) is 26.2 Å². The van der Waals surface area contributed by atoms with E-state index in [1.807, 2.05) is 0 Å². The second-order valence-electron chi connectivity index (χ2n) is 13.3. The van der Waals surface area contributed by atoms with Gasteiger partial charge in [0.2, 0.25) is 0 Å². The average molecular weight is 669 g/mol. The molecule has 0 amide bonds. The first-order chi connectivity index (χ1) is 20.0. The van der Waals surface area contributed by atoms with Gasteiger partial charge in [-0.2, -0.15) is 0 Å². The lowest BCUT2D eigenvalue weighted by Gasteiger charge is -2.39. The van der Waals surface area contributed by atoms with E-state index in [1.165, 1.54) is 191 Å². The summed E-state index contributed by atoms with van der Waals surface area (Å²) in [6, 6.07) is 0. The highest BCUT2D eigenvalue weighted by molar-refractivity contribution is 7.17. The lowest BCUT2D eigenvalue weighted by molar-refractivity contribution is -0.929. The fourth-order valence-electron chi connectivity index (χ4n) is 6.09. The molecule has 0 aromatic rings. The standard InChI is InChI=1S/C24H52N.C15H31P.2ClH/c1-5-9-13-17-21-25(22-18-14-10-6-2,23-19-15-11-7-3)24-20-16-12-8-4;1-4-7-10-14(11-8-5-2)13-15(16)12-9-6-3;;/h5-24H2,1-4H3;13,15H,4-12,16H2,1-3H3;2*1H/q+1;;;/p-1. The number of hydrogen-bond acceptors (Lipinski definition) is 0. The molecule has 0 aromatic heterocycles. The highest BCUT2D eigenvalue weighted by atomic mass is 35.5. The van der Waals surface area contributed by atoms with E-state index in [-0.39, 0.29) is 24.8 Å². The zero-order valence-corrected chi connectivity index (χ0v) is 33.7. The van der Waals surface area contributed by atoms with Gasteiger partial charge in [0.05, 0.1) is 26.2 Å². The van der Waals surface area contributed by atoms with Gasteiger partial charge in [-0.3, -0.25) is 0 Å². The fraction of sp³-hybridized carbons (Fsp3) is 0.949. The minimum absolute atomic E-state index is 0. The first kappa shape index (κ1) is 50.6. The fourth-order valence-corrected chi connectivity index (χ4v) is 6.60. The number of hydrogen-bond donors (Lipinski definition) is 0. The van der Waals surface area contributed by atoms with Crippen molar-refractivity contribution in [2.45, 2.75) is 215 Å². The normalized spacial score (nSPS) is 11.6. The Morgan fingerprint density at radius 3 is 1.05 bits per heavy atom. The summed E-state index contributed by atoms with van der Waals surface area (Å²) in [5.74, 6) is 0. The van der Waals surface area contributed by atoms with E-state index in [0.717, 1.165) is 0 Å². The zero-order valence-electron chi connectivity index (χ0n) is 31.0. The Bertz CT molecular complexity index is 462. The van der Waals surface area contributed by atoms with Crippen molar-refractivity contribution in [1.82, 2.24) is 0 Å². The van der Waals surface area contributed by atoms with Gasteiger partial charge >= 0.3 is 0 Å². The molecule has 0 radical (unpaired) electrons. The van der Waals surface area contributed by atoms with Gasteiger partial charge in [-0.05, 0) is 89.1 Å². The summed E-state index contributed by atoms with van der Waals surface area (Å²) in [7, 11) is 3.01. The Balaban J connectivity index is -0.000000368. The molecule has 0 aliphatic heterocycles. The molecule has 0 aliphatic rings. The molecule has 0 heterocycles. The minimum Gasteiger partial charge on any atom is -1.00 e. The number of halogens is 2. The molecule has 264 valence electrons. The second kappa shape index (κ2) is 40.7. The smallest absolute Gasteiger partial charge is 0.0786 e. The molecule has 0 saturated heterocycles. The molecule has 0 aromatic carbocycles. The summed E-state index contributed by atoms with van der Waals surface area (Å²) in [5.41, 5.74) is 2.42. The van der Waals surface area contributed by atoms with Gasteiger partial charge in [0, 0.05) is 0 Å². The number of unbranched alkanes of at least 4 members (excludes halogenated alkanes) is 15. The Morgan fingerprint density at radius 1 is 0.465 bits per heavy atom. The predicted octanol–water partition coefficient (Wildman–Crippen LogP) is 11.3. The summed E-state index contributed by atoms with van der Waals surface area (Å²) in [6.07, 6.45) is 37.4. The number of rotatable bonds is 30. The van der Waals surface area contributed by atoms with Crippen LogP contribution in [0, 0.1) is 0 Å². The number of quaternary nitrogens is 1. The molecule has 43 heavy (non-hydrogen) atoms. The third kappa shape index (κ3) is 35.4. The quantitative estimate of drug-likeness (QED) is 0.0309. The van der Waals surface area contributed by atoms with Gasteiger partial charge in [-0.1, -0.05) is 137 Å². The van der Waals surface area contributed by atoms with Crippen molar-refractivity contribution in [3.63, 3.8) is 0 Å². The summed E-state index contributed by atoms with van der Waals surface area (Å²) in [4.78, 5) is 0. The van der Waals surface area contributed by atoms with Gasteiger partial charge in [-0.25, -0.2) is 0 Å². The molecule has 4 heteroatoms. The average Bonchev–Trinajstić information content (AvgIpc) is 2.98. The Morgan fingerprint density at radius 2 is 0.767 bits per heavy atom. The van der Waals surface area contributed by atoms with Crippen molar-refractivity contribution in [3.8, 4) is 0 Å². The molecule has 0 N–H and O–H groups in total. The predicted molar refractivity (Wildman–Crippen MR) is 204 cm³/mol. The van der Waals surface area contributed by atoms with Crippen LogP contribution in [-0.2, 0) is 0 Å². The summed E-state index contributed by atoms with van der Waals surface area (Å²) >= 11 is 0. The number of allylic oxidation sites excluding steroid dienone is 2. The van der Waals surface area contributed by atoms with Crippen LogP contribution in [0.15, 0.2) is 11.6 Å². The second-order valence-corrected chi connectivity index (χ2v) is 14.2. The van der Waals surface area contributed by atoms with Crippen LogP contribution in [0.2, 0.25) is 0 Å². The molecule has 2 atom stereocenters. The van der Waals surface area contributed by atoms with E-state index in [9.17, 15) is 0 Å². The van der Waals surface area contributed by atoms with Crippen LogP contribution in [0.25, 0.3) is 0 Å². The first-order valence-corrected chi connectivity index (χ1v) is 20.0. The molecule has 1 nitrogen and oxygen atoms in total. The maximum absolute atomic E-state index is 3.01. The Kier molecular flexibility index (Phi) is 47.9. The molecule has 0 fully saturated rings. The molecule has 0 bridgehead atoms. The van der Waals surface area contributed by atoms with Gasteiger partial charge in [0.15, 0.2) is 0 Å². The Labute approximate surface area is 290 Å². The topological polar surface area (TPSA) is 0 Å². The monoisotopic (exact) mass is 668 g/mol. The van der Waals surface area contributed by atoms with Crippen LogP contribution in [0.4, 0.5) is 0 Å². The van der Waals surface area contributed by atoms with Crippen molar-refractivity contribution in [3.05, 3.63) is 11.6 Å². The third-order valence-electron chi connectivity index (χ3n) is 8.99. The summed E-state index contributed by atoms with van der Waals surface area (Å²) < 4.78 is 1.46. The van der Waals surface area contributed by atoms with E-state index in [2.05, 4.69) is 63.8 Å². The van der Waals surface area contributed by atoms with Crippen molar-refractivity contribution >= 4 is 21.6 Å². The largest absolute Gasteiger partial charge is 1.00 e. The maximum atomic E-state index is 3.01. The van der Waals surface area contributed by atoms with Crippen LogP contribution in [0.3, 0.4) is 0 Å². The molecular formula is C39H84Cl2NP. The highest BCUT2D eigenvalue weighted by Gasteiger charge is 2.25. The third-order valence-corrected chi connectivity index (χ3v) is 9.51. The SMILES string of the molecule is CCCCC(=CC(P)CCCC)CCCC.CCCCCC[N+](CCCCCC)(CCCCCC)CCCCCC.Cl.[Cl-]. The van der Waals surface area contributed by atoms with E-state index < -0.39 is 0 Å². The Hall–Kier alpha value is 0.710. The highest BCUT2D eigenvalue weighted by Crippen LogP contribution is 2.21. The molecule has 2 unspecified atom stereocenters. The van der Waals surface area contributed by atoms with Gasteiger partial charge in [0.25, 0.3) is 0 Å². The molecule has 0 rings (SSSR count). The van der Waals surface area contributed by atoms with Gasteiger partial charge in [0.1, 0.15) is 0 Å². The van der Waals surface area contributed by atoms with E-state index in [4.69, 9.17) is 0 Å². The zero-order chi connectivity index (χ0) is 30.9. The van der Waals surface area contributed by atoms with Gasteiger partial charge < -0.3 is 16.9 Å². The lowest BCUT2D eigenvalue weighted by Crippen LogP contribution is -3.00. The minimum atomic E-state index is 0. The van der Waals surface area contributed by atoms with Crippen LogP contribution >= 0.6 is 21.6 Å². The van der Waals surface area contributed by atoms with Crippen LogP contribution in [-0.4, -0.2) is 36.3 Å². The lowest BCUT2D eigenvalue weighted by atomic mass is 10.0. The van der Waals surface area contributed by atoms with Crippen molar-refractivity contribution < 1.29 is 16.9 Å². The van der Waals surface area contributed by atoms with Gasteiger partial charge in [-0.15, -0.1) is 21.6 Å². The van der Waals surface area contributed by atoms with E-state index in [1.54, 1.807) is 5.57 Å². The van der Waals surface area contributed by atoms with E-state index >= 15 is 0 Å². The van der Waals surface area contributed by atoms with Crippen molar-refractivity contribution in [1.29, 1.82) is 0 Å². The first-order valence-electron chi connectivity index (χ1n) is 19.3. The molecule has 0 aliphatic carbocycles. The number of nitrogens with zero attached hydrogens (tertiary/aromatic N) is 1. The maximum Gasteiger partial charge on any atom is 0.0786 e.